The Morgan fingerprint density at radius 2 is 1.90 bits per heavy atom. The number of anilines is 2. The van der Waals surface area contributed by atoms with Gasteiger partial charge in [0.1, 0.15) is 6.07 Å². The van der Waals surface area contributed by atoms with Gasteiger partial charge in [0.15, 0.2) is 0 Å². The maximum atomic E-state index is 9.53. The monoisotopic (exact) mass is 280 g/mol. The Morgan fingerprint density at radius 3 is 2.65 bits per heavy atom. The highest BCUT2D eigenvalue weighted by Crippen LogP contribution is 2.41. The van der Waals surface area contributed by atoms with Crippen molar-refractivity contribution in [3.63, 3.8) is 0 Å². The molecule has 0 saturated carbocycles. The van der Waals surface area contributed by atoms with E-state index in [-0.39, 0.29) is 0 Å². The molecule has 0 N–H and O–H groups in total. The van der Waals surface area contributed by atoms with Crippen LogP contribution in [-0.2, 0) is 6.42 Å². The highest BCUT2D eigenvalue weighted by Gasteiger charge is 2.28. The van der Waals surface area contributed by atoms with Gasteiger partial charge in [0.05, 0.1) is 11.3 Å². The van der Waals surface area contributed by atoms with Crippen molar-refractivity contribution in [2.45, 2.75) is 24.3 Å². The molecule has 1 aliphatic rings. The van der Waals surface area contributed by atoms with Crippen LogP contribution in [0.25, 0.3) is 0 Å². The molecule has 0 radical (unpaired) electrons. The number of para-hydroxylation sites is 1. The molecule has 2 aromatic carbocycles. The third-order valence-corrected chi connectivity index (χ3v) is 4.58. The van der Waals surface area contributed by atoms with Gasteiger partial charge in [0.2, 0.25) is 0 Å². The van der Waals surface area contributed by atoms with Gasteiger partial charge in [0, 0.05) is 16.6 Å². The average molecular weight is 280 g/mol. The summed E-state index contributed by atoms with van der Waals surface area (Å²) < 4.78 is 0. The maximum Gasteiger partial charge on any atom is 0.103 e. The molecule has 0 saturated heterocycles. The largest absolute Gasteiger partial charge is 0.337 e. The van der Waals surface area contributed by atoms with Crippen molar-refractivity contribution in [3.8, 4) is 6.07 Å². The van der Waals surface area contributed by atoms with E-state index in [2.05, 4.69) is 48.2 Å². The van der Waals surface area contributed by atoms with E-state index in [1.807, 2.05) is 18.4 Å². The lowest BCUT2D eigenvalue weighted by atomic mass is 10.1. The van der Waals surface area contributed by atoms with Crippen LogP contribution in [0.15, 0.2) is 47.4 Å². The molecule has 1 atom stereocenters. The van der Waals surface area contributed by atoms with E-state index in [0.717, 1.165) is 22.6 Å². The lowest BCUT2D eigenvalue weighted by molar-refractivity contribution is 0.757. The Balaban J connectivity index is 2.17. The minimum absolute atomic E-state index is 0.386. The number of hydrogen-bond donors (Lipinski definition) is 0. The molecule has 0 amide bonds. The summed E-state index contributed by atoms with van der Waals surface area (Å²) in [4.78, 5) is 3.34. The predicted octanol–water partition coefficient (Wildman–Crippen LogP) is 4.36. The quantitative estimate of drug-likeness (QED) is 0.765. The second-order valence-corrected chi connectivity index (χ2v) is 5.87. The standard InChI is InChI=1S/C17H16N2S/c1-12-10-13-6-3-4-7-15(13)19(12)16-8-5-9-17(20-2)14(16)11-18/h3-9,12H,10H2,1-2H3. The van der Waals surface area contributed by atoms with Crippen molar-refractivity contribution >= 4 is 23.1 Å². The van der Waals surface area contributed by atoms with Crippen LogP contribution >= 0.6 is 11.8 Å². The lowest BCUT2D eigenvalue weighted by Crippen LogP contribution is -2.24. The van der Waals surface area contributed by atoms with Crippen molar-refractivity contribution in [3.05, 3.63) is 53.6 Å². The molecule has 3 heteroatoms. The van der Waals surface area contributed by atoms with E-state index in [0.29, 0.717) is 6.04 Å². The minimum Gasteiger partial charge on any atom is -0.337 e. The summed E-state index contributed by atoms with van der Waals surface area (Å²) in [5.74, 6) is 0. The number of nitrogens with zero attached hydrogens (tertiary/aromatic N) is 2. The summed E-state index contributed by atoms with van der Waals surface area (Å²) in [5.41, 5.74) is 4.40. The topological polar surface area (TPSA) is 27.0 Å². The molecule has 0 spiro atoms. The van der Waals surface area contributed by atoms with Crippen molar-refractivity contribution < 1.29 is 0 Å². The Kier molecular flexibility index (Phi) is 3.42. The number of fused-ring (bicyclic) bond motifs is 1. The number of benzene rings is 2. The van der Waals surface area contributed by atoms with Gasteiger partial charge in [-0.3, -0.25) is 0 Å². The lowest BCUT2D eigenvalue weighted by Gasteiger charge is -2.26. The Labute approximate surface area is 124 Å². The van der Waals surface area contributed by atoms with Crippen molar-refractivity contribution in [2.24, 2.45) is 0 Å². The van der Waals surface area contributed by atoms with Gasteiger partial charge < -0.3 is 4.90 Å². The van der Waals surface area contributed by atoms with Crippen LogP contribution in [-0.4, -0.2) is 12.3 Å². The zero-order valence-electron chi connectivity index (χ0n) is 11.6. The summed E-state index contributed by atoms with van der Waals surface area (Å²) >= 11 is 1.63. The Bertz CT molecular complexity index is 688. The van der Waals surface area contributed by atoms with Crippen molar-refractivity contribution in [2.75, 3.05) is 11.2 Å². The maximum absolute atomic E-state index is 9.53. The van der Waals surface area contributed by atoms with Crippen LogP contribution in [0, 0.1) is 11.3 Å². The second-order valence-electron chi connectivity index (χ2n) is 5.02. The molecule has 0 aromatic heterocycles. The van der Waals surface area contributed by atoms with E-state index >= 15 is 0 Å². The van der Waals surface area contributed by atoms with Crippen LogP contribution in [0.5, 0.6) is 0 Å². The fourth-order valence-corrected chi connectivity index (χ4v) is 3.50. The summed E-state index contributed by atoms with van der Waals surface area (Å²) in [6, 6.07) is 17.3. The average Bonchev–Trinajstić information content (AvgIpc) is 2.81. The van der Waals surface area contributed by atoms with Gasteiger partial charge in [-0.15, -0.1) is 11.8 Å². The van der Waals surface area contributed by atoms with Crippen molar-refractivity contribution in [1.82, 2.24) is 0 Å². The van der Waals surface area contributed by atoms with E-state index in [1.165, 1.54) is 11.3 Å². The molecular formula is C17H16N2S. The van der Waals surface area contributed by atoms with Crippen LogP contribution < -0.4 is 4.90 Å². The number of thioether (sulfide) groups is 1. The molecule has 1 heterocycles. The third kappa shape index (κ3) is 1.97. The SMILES string of the molecule is CSc1cccc(N2c3ccccc3CC2C)c1C#N. The molecule has 3 rings (SSSR count). The van der Waals surface area contributed by atoms with Crippen LogP contribution in [0.1, 0.15) is 18.1 Å². The van der Waals surface area contributed by atoms with Gasteiger partial charge >= 0.3 is 0 Å². The summed E-state index contributed by atoms with van der Waals surface area (Å²) in [6.07, 6.45) is 3.05. The normalized spacial score (nSPS) is 16.9. The molecular weight excluding hydrogens is 264 g/mol. The summed E-state index contributed by atoms with van der Waals surface area (Å²) in [6.45, 7) is 2.22. The number of nitriles is 1. The van der Waals surface area contributed by atoms with Gasteiger partial charge in [-0.1, -0.05) is 24.3 Å². The number of hydrogen-bond acceptors (Lipinski definition) is 3. The molecule has 2 nitrogen and oxygen atoms in total. The van der Waals surface area contributed by atoms with E-state index in [1.54, 1.807) is 11.8 Å². The van der Waals surface area contributed by atoms with Crippen molar-refractivity contribution in [1.29, 1.82) is 5.26 Å². The van der Waals surface area contributed by atoms with E-state index < -0.39 is 0 Å². The molecule has 20 heavy (non-hydrogen) atoms. The Morgan fingerprint density at radius 1 is 1.15 bits per heavy atom. The Hall–Kier alpha value is -1.92. The molecule has 2 aromatic rings. The van der Waals surface area contributed by atoms with Gasteiger partial charge in [-0.05, 0) is 43.4 Å². The fraction of sp³-hybridized carbons (Fsp3) is 0.235. The summed E-state index contributed by atoms with van der Waals surface area (Å²) in [7, 11) is 0. The van der Waals surface area contributed by atoms with Gasteiger partial charge in [-0.25, -0.2) is 0 Å². The fourth-order valence-electron chi connectivity index (χ4n) is 2.94. The first-order valence-corrected chi connectivity index (χ1v) is 7.93. The highest BCUT2D eigenvalue weighted by atomic mass is 32.2. The first kappa shape index (κ1) is 13.1. The smallest absolute Gasteiger partial charge is 0.103 e. The third-order valence-electron chi connectivity index (χ3n) is 3.80. The molecule has 100 valence electrons. The van der Waals surface area contributed by atoms with E-state index in [4.69, 9.17) is 0 Å². The zero-order chi connectivity index (χ0) is 14.1. The molecule has 1 aliphatic heterocycles. The zero-order valence-corrected chi connectivity index (χ0v) is 12.4. The highest BCUT2D eigenvalue weighted by molar-refractivity contribution is 7.98. The van der Waals surface area contributed by atoms with Gasteiger partial charge in [-0.2, -0.15) is 5.26 Å². The molecule has 0 fully saturated rings. The minimum atomic E-state index is 0.386. The first-order valence-electron chi connectivity index (χ1n) is 6.70. The van der Waals surface area contributed by atoms with Crippen LogP contribution in [0.2, 0.25) is 0 Å². The van der Waals surface area contributed by atoms with Crippen LogP contribution in [0.4, 0.5) is 11.4 Å². The first-order chi connectivity index (χ1) is 9.76. The van der Waals surface area contributed by atoms with E-state index in [9.17, 15) is 5.26 Å². The number of rotatable bonds is 2. The van der Waals surface area contributed by atoms with Crippen LogP contribution in [0.3, 0.4) is 0 Å². The molecule has 1 unspecified atom stereocenters. The molecule has 0 bridgehead atoms. The van der Waals surface area contributed by atoms with Gasteiger partial charge in [0.25, 0.3) is 0 Å². The summed E-state index contributed by atoms with van der Waals surface area (Å²) in [5, 5.41) is 9.53. The molecule has 0 aliphatic carbocycles. The second kappa shape index (κ2) is 5.22. The predicted molar refractivity (Wildman–Crippen MR) is 84.7 cm³/mol.